The van der Waals surface area contributed by atoms with Crippen LogP contribution in [0.3, 0.4) is 0 Å². The first-order valence-corrected chi connectivity index (χ1v) is 8.98. The molecule has 2 aromatic carbocycles. The number of benzene rings is 2. The largest absolute Gasteiger partial charge is 0.323 e. The highest BCUT2D eigenvalue weighted by atomic mass is 32.2. The second-order valence-corrected chi connectivity index (χ2v) is 6.82. The van der Waals surface area contributed by atoms with Crippen LogP contribution >= 0.6 is 0 Å². The number of anilines is 2. The molecule has 0 bridgehead atoms. The second-order valence-electron chi connectivity index (χ2n) is 5.13. The Balaban J connectivity index is 2.08. The van der Waals surface area contributed by atoms with Crippen LogP contribution in [0.1, 0.15) is 6.92 Å². The standard InChI is InChI=1S/C18H16F2N2O3S/c1-2-3-4-5-18(23)21-13-6-8-14(9-7-13)22-26(24,25)15-10-11-16(19)17(20)12-15/h2-12,22H,1H3,(H,21,23). The third-order valence-corrected chi connectivity index (χ3v) is 4.54. The predicted molar refractivity (Wildman–Crippen MR) is 96.2 cm³/mol. The number of sulfonamides is 1. The van der Waals surface area contributed by atoms with Crippen molar-refractivity contribution in [3.63, 3.8) is 0 Å². The van der Waals surface area contributed by atoms with Crippen LogP contribution in [0, 0.1) is 11.6 Å². The quantitative estimate of drug-likeness (QED) is 0.592. The molecule has 0 radical (unpaired) electrons. The first-order chi connectivity index (χ1) is 12.3. The lowest BCUT2D eigenvalue weighted by molar-refractivity contribution is -0.111. The van der Waals surface area contributed by atoms with Gasteiger partial charge in [-0.1, -0.05) is 18.2 Å². The lowest BCUT2D eigenvalue weighted by atomic mass is 10.3. The van der Waals surface area contributed by atoms with Gasteiger partial charge >= 0.3 is 0 Å². The van der Waals surface area contributed by atoms with Gasteiger partial charge in [0.1, 0.15) is 0 Å². The summed E-state index contributed by atoms with van der Waals surface area (Å²) in [6, 6.07) is 8.18. The summed E-state index contributed by atoms with van der Waals surface area (Å²) in [4.78, 5) is 11.2. The zero-order valence-corrected chi connectivity index (χ0v) is 14.6. The molecule has 0 saturated heterocycles. The third-order valence-electron chi connectivity index (χ3n) is 3.16. The molecule has 0 heterocycles. The van der Waals surface area contributed by atoms with Crippen molar-refractivity contribution in [3.8, 4) is 0 Å². The fourth-order valence-electron chi connectivity index (χ4n) is 1.92. The van der Waals surface area contributed by atoms with E-state index in [1.165, 1.54) is 30.3 Å². The van der Waals surface area contributed by atoms with Crippen LogP contribution in [0.4, 0.5) is 20.2 Å². The maximum atomic E-state index is 13.2. The molecule has 2 rings (SSSR count). The van der Waals surface area contributed by atoms with Gasteiger partial charge in [-0.15, -0.1) is 0 Å². The molecule has 0 fully saturated rings. The van der Waals surface area contributed by atoms with Crippen molar-refractivity contribution in [1.29, 1.82) is 0 Å². The Bertz CT molecular complexity index is 953. The molecule has 2 N–H and O–H groups in total. The molecule has 136 valence electrons. The highest BCUT2D eigenvalue weighted by Crippen LogP contribution is 2.20. The van der Waals surface area contributed by atoms with E-state index in [1.807, 2.05) is 6.92 Å². The molecule has 0 aliphatic heterocycles. The molecule has 5 nitrogen and oxygen atoms in total. The Kier molecular flexibility index (Phi) is 6.24. The second kappa shape index (κ2) is 8.39. The van der Waals surface area contributed by atoms with Crippen LogP contribution < -0.4 is 10.0 Å². The lowest BCUT2D eigenvalue weighted by Crippen LogP contribution is -2.13. The molecule has 8 heteroatoms. The number of nitrogens with one attached hydrogen (secondary N) is 2. The number of hydrogen-bond donors (Lipinski definition) is 2. The van der Waals surface area contributed by atoms with E-state index in [9.17, 15) is 22.0 Å². The van der Waals surface area contributed by atoms with Gasteiger partial charge in [-0.25, -0.2) is 17.2 Å². The zero-order chi connectivity index (χ0) is 19.2. The molecule has 0 aliphatic rings. The Morgan fingerprint density at radius 1 is 0.962 bits per heavy atom. The maximum Gasteiger partial charge on any atom is 0.261 e. The van der Waals surface area contributed by atoms with E-state index in [0.717, 1.165) is 12.1 Å². The molecule has 2 aromatic rings. The molecule has 0 unspecified atom stereocenters. The Labute approximate surface area is 150 Å². The van der Waals surface area contributed by atoms with E-state index in [1.54, 1.807) is 18.2 Å². The van der Waals surface area contributed by atoms with Crippen LogP contribution in [0.25, 0.3) is 0 Å². The molecule has 0 aliphatic carbocycles. The summed E-state index contributed by atoms with van der Waals surface area (Å²) in [7, 11) is -4.07. The number of allylic oxidation sites excluding steroid dienone is 3. The molecule has 0 aromatic heterocycles. The van der Waals surface area contributed by atoms with E-state index < -0.39 is 26.6 Å². The van der Waals surface area contributed by atoms with Gasteiger partial charge in [-0.3, -0.25) is 9.52 Å². The molecule has 0 atom stereocenters. The summed E-state index contributed by atoms with van der Waals surface area (Å²) in [5, 5.41) is 2.61. The van der Waals surface area contributed by atoms with E-state index in [2.05, 4.69) is 10.0 Å². The monoisotopic (exact) mass is 378 g/mol. The average molecular weight is 378 g/mol. The van der Waals surface area contributed by atoms with E-state index in [4.69, 9.17) is 0 Å². The molecule has 26 heavy (non-hydrogen) atoms. The summed E-state index contributed by atoms with van der Waals surface area (Å²) in [6.07, 6.45) is 6.41. The van der Waals surface area contributed by atoms with Crippen LogP contribution in [0.5, 0.6) is 0 Å². The Hall–Kier alpha value is -3.00. The lowest BCUT2D eigenvalue weighted by Gasteiger charge is -2.09. The fraction of sp³-hybridized carbons (Fsp3) is 0.0556. The van der Waals surface area contributed by atoms with E-state index in [-0.39, 0.29) is 11.6 Å². The van der Waals surface area contributed by atoms with Gasteiger partial charge in [0.25, 0.3) is 10.0 Å². The summed E-state index contributed by atoms with van der Waals surface area (Å²) in [5.41, 5.74) is 0.674. The predicted octanol–water partition coefficient (Wildman–Crippen LogP) is 3.84. The fourth-order valence-corrected chi connectivity index (χ4v) is 2.99. The van der Waals surface area contributed by atoms with Crippen LogP contribution in [-0.4, -0.2) is 14.3 Å². The first-order valence-electron chi connectivity index (χ1n) is 7.50. The topological polar surface area (TPSA) is 75.3 Å². The summed E-state index contributed by atoms with van der Waals surface area (Å²) in [5.74, 6) is -2.72. The number of halogens is 2. The molecule has 1 amide bonds. The number of hydrogen-bond acceptors (Lipinski definition) is 3. The first kappa shape index (κ1) is 19.3. The van der Waals surface area contributed by atoms with Crippen molar-refractivity contribution in [1.82, 2.24) is 0 Å². The summed E-state index contributed by atoms with van der Waals surface area (Å²) in [6.45, 7) is 1.82. The van der Waals surface area contributed by atoms with Gasteiger partial charge in [-0.2, -0.15) is 0 Å². The average Bonchev–Trinajstić information content (AvgIpc) is 2.59. The minimum atomic E-state index is -4.07. The van der Waals surface area contributed by atoms with Gasteiger partial charge < -0.3 is 5.32 Å². The molecule has 0 saturated carbocycles. The molecule has 0 spiro atoms. The smallest absolute Gasteiger partial charge is 0.261 e. The van der Waals surface area contributed by atoms with Gasteiger partial charge in [0, 0.05) is 17.5 Å². The van der Waals surface area contributed by atoms with Gasteiger partial charge in [-0.05, 0) is 49.4 Å². The SMILES string of the molecule is CC=CC=CC(=O)Nc1ccc(NS(=O)(=O)c2ccc(F)c(F)c2)cc1. The van der Waals surface area contributed by atoms with Crippen molar-refractivity contribution in [2.75, 3.05) is 10.0 Å². The van der Waals surface area contributed by atoms with Crippen molar-refractivity contribution in [2.24, 2.45) is 0 Å². The third kappa shape index (κ3) is 5.25. The van der Waals surface area contributed by atoms with Crippen molar-refractivity contribution in [3.05, 3.63) is 78.4 Å². The van der Waals surface area contributed by atoms with Gasteiger partial charge in [0.2, 0.25) is 5.91 Å². The maximum absolute atomic E-state index is 13.2. The highest BCUT2D eigenvalue weighted by molar-refractivity contribution is 7.92. The van der Waals surface area contributed by atoms with Crippen LogP contribution in [0.15, 0.2) is 71.7 Å². The minimum Gasteiger partial charge on any atom is -0.323 e. The number of rotatable bonds is 6. The zero-order valence-electron chi connectivity index (χ0n) is 13.7. The van der Waals surface area contributed by atoms with Crippen LogP contribution in [-0.2, 0) is 14.8 Å². The number of carbonyl (C=O) groups is 1. The van der Waals surface area contributed by atoms with E-state index >= 15 is 0 Å². The molecular weight excluding hydrogens is 362 g/mol. The Morgan fingerprint density at radius 2 is 1.62 bits per heavy atom. The van der Waals surface area contributed by atoms with Crippen molar-refractivity contribution in [2.45, 2.75) is 11.8 Å². The summed E-state index contributed by atoms with van der Waals surface area (Å²) >= 11 is 0. The number of carbonyl (C=O) groups excluding carboxylic acids is 1. The highest BCUT2D eigenvalue weighted by Gasteiger charge is 2.16. The van der Waals surface area contributed by atoms with Gasteiger partial charge in [0.05, 0.1) is 4.90 Å². The Morgan fingerprint density at radius 3 is 2.23 bits per heavy atom. The minimum absolute atomic E-state index is 0.206. The van der Waals surface area contributed by atoms with E-state index in [0.29, 0.717) is 11.8 Å². The van der Waals surface area contributed by atoms with Crippen molar-refractivity contribution < 1.29 is 22.0 Å². The normalized spacial score (nSPS) is 11.8. The molecular formula is C18H16F2N2O3S. The van der Waals surface area contributed by atoms with Gasteiger partial charge in [0.15, 0.2) is 11.6 Å². The summed E-state index contributed by atoms with van der Waals surface area (Å²) < 4.78 is 52.8. The van der Waals surface area contributed by atoms with Crippen LogP contribution in [0.2, 0.25) is 0 Å². The number of amides is 1. The van der Waals surface area contributed by atoms with Crippen molar-refractivity contribution >= 4 is 27.3 Å².